The average molecular weight is 131 g/mol. The van der Waals surface area contributed by atoms with Gasteiger partial charge in [-0.05, 0) is 0 Å². The lowest BCUT2D eigenvalue weighted by Crippen LogP contribution is -2.35. The molecule has 0 unspecified atom stereocenters. The van der Waals surface area contributed by atoms with Gasteiger partial charge in [-0.2, -0.15) is 4.91 Å². The summed E-state index contributed by atoms with van der Waals surface area (Å²) >= 11 is 0. The minimum absolute atomic E-state index is 0.115. The molecule has 54 valence electrons. The SMILES string of the molecule is CC(C)(CN=O)CNN. The van der Waals surface area contributed by atoms with Crippen LogP contribution in [-0.4, -0.2) is 13.1 Å². The van der Waals surface area contributed by atoms with Crippen molar-refractivity contribution < 1.29 is 0 Å². The molecule has 0 saturated heterocycles. The van der Waals surface area contributed by atoms with Gasteiger partial charge < -0.3 is 0 Å². The van der Waals surface area contributed by atoms with Crippen LogP contribution < -0.4 is 11.3 Å². The first-order chi connectivity index (χ1) is 4.12. The molecule has 9 heavy (non-hydrogen) atoms. The first-order valence-electron chi connectivity index (χ1n) is 2.85. The van der Waals surface area contributed by atoms with Crippen molar-refractivity contribution in [1.29, 1.82) is 0 Å². The van der Waals surface area contributed by atoms with Crippen LogP contribution in [-0.2, 0) is 0 Å². The molecule has 0 aromatic heterocycles. The molecule has 0 atom stereocenters. The van der Waals surface area contributed by atoms with Gasteiger partial charge in [0.1, 0.15) is 0 Å². The summed E-state index contributed by atoms with van der Waals surface area (Å²) in [6.45, 7) is 4.76. The van der Waals surface area contributed by atoms with Crippen LogP contribution in [0.5, 0.6) is 0 Å². The number of nitrogens with two attached hydrogens (primary N) is 1. The number of hydrazine groups is 1. The van der Waals surface area contributed by atoms with Gasteiger partial charge in [0.15, 0.2) is 0 Å². The van der Waals surface area contributed by atoms with Crippen LogP contribution in [0, 0.1) is 10.3 Å². The van der Waals surface area contributed by atoms with Crippen molar-refractivity contribution in [2.75, 3.05) is 13.1 Å². The third-order valence-electron chi connectivity index (χ3n) is 1.07. The van der Waals surface area contributed by atoms with Crippen LogP contribution in [0.4, 0.5) is 0 Å². The predicted octanol–water partition coefficient (Wildman–Crippen LogP) is 0.242. The van der Waals surface area contributed by atoms with Gasteiger partial charge in [0.25, 0.3) is 0 Å². The highest BCUT2D eigenvalue weighted by atomic mass is 16.3. The zero-order valence-electron chi connectivity index (χ0n) is 5.85. The third kappa shape index (κ3) is 4.05. The van der Waals surface area contributed by atoms with E-state index in [2.05, 4.69) is 10.6 Å². The Hall–Kier alpha value is -0.480. The van der Waals surface area contributed by atoms with Gasteiger partial charge in [0.2, 0.25) is 0 Å². The standard InChI is InChI=1S/C5H13N3O/c1-5(2,3-7-6)4-8-9/h7H,3-4,6H2,1-2H3. The number of rotatable bonds is 4. The summed E-state index contributed by atoms with van der Waals surface area (Å²) in [5, 5.41) is 2.78. The smallest absolute Gasteiger partial charge is 0.0874 e. The van der Waals surface area contributed by atoms with Crippen molar-refractivity contribution in [3.8, 4) is 0 Å². The van der Waals surface area contributed by atoms with Gasteiger partial charge in [-0.15, -0.1) is 0 Å². The van der Waals surface area contributed by atoms with Crippen LogP contribution in [0.2, 0.25) is 0 Å². The quantitative estimate of drug-likeness (QED) is 0.326. The number of hydrogen-bond donors (Lipinski definition) is 2. The summed E-state index contributed by atoms with van der Waals surface area (Å²) in [4.78, 5) is 9.78. The van der Waals surface area contributed by atoms with E-state index < -0.39 is 0 Å². The summed E-state index contributed by atoms with van der Waals surface area (Å²) < 4.78 is 0. The van der Waals surface area contributed by atoms with Crippen molar-refractivity contribution >= 4 is 0 Å². The summed E-state index contributed by atoms with van der Waals surface area (Å²) in [7, 11) is 0. The molecule has 0 amide bonds. The lowest BCUT2D eigenvalue weighted by atomic mass is 9.94. The zero-order chi connectivity index (χ0) is 7.33. The van der Waals surface area contributed by atoms with E-state index in [0.717, 1.165) is 0 Å². The van der Waals surface area contributed by atoms with Crippen molar-refractivity contribution in [2.45, 2.75) is 13.8 Å². The van der Waals surface area contributed by atoms with Crippen LogP contribution >= 0.6 is 0 Å². The lowest BCUT2D eigenvalue weighted by Gasteiger charge is -2.18. The molecule has 0 aromatic carbocycles. The van der Waals surface area contributed by atoms with Gasteiger partial charge in [-0.3, -0.25) is 11.3 Å². The third-order valence-corrected chi connectivity index (χ3v) is 1.07. The topological polar surface area (TPSA) is 67.5 Å². The maximum atomic E-state index is 9.78. The van der Waals surface area contributed by atoms with Crippen molar-refractivity contribution in [3.63, 3.8) is 0 Å². The first-order valence-corrected chi connectivity index (χ1v) is 2.85. The Labute approximate surface area is 54.8 Å². The molecule has 0 saturated carbocycles. The molecule has 4 nitrogen and oxygen atoms in total. The molecule has 0 heterocycles. The molecule has 0 rings (SSSR count). The van der Waals surface area contributed by atoms with Gasteiger partial charge >= 0.3 is 0 Å². The number of nitrogens with zero attached hydrogens (tertiary/aromatic N) is 1. The summed E-state index contributed by atoms with van der Waals surface area (Å²) in [5.74, 6) is 5.05. The maximum Gasteiger partial charge on any atom is 0.0874 e. The van der Waals surface area contributed by atoms with E-state index in [1.807, 2.05) is 13.8 Å². The number of hydrogen-bond acceptors (Lipinski definition) is 4. The Kier molecular flexibility index (Phi) is 3.34. The van der Waals surface area contributed by atoms with Gasteiger partial charge in [0.05, 0.1) is 6.54 Å². The highest BCUT2D eigenvalue weighted by Crippen LogP contribution is 2.12. The fourth-order valence-electron chi connectivity index (χ4n) is 0.507. The van der Waals surface area contributed by atoms with Crippen LogP contribution in [0.1, 0.15) is 13.8 Å². The molecule has 0 aliphatic rings. The molecule has 4 heteroatoms. The van der Waals surface area contributed by atoms with E-state index >= 15 is 0 Å². The molecule has 3 N–H and O–H groups in total. The van der Waals surface area contributed by atoms with Crippen molar-refractivity contribution in [1.82, 2.24) is 5.43 Å². The predicted molar refractivity (Wildman–Crippen MR) is 36.6 cm³/mol. The summed E-state index contributed by atoms with van der Waals surface area (Å²) in [5.41, 5.74) is 2.38. The second kappa shape index (κ2) is 3.53. The van der Waals surface area contributed by atoms with Gasteiger partial charge in [-0.1, -0.05) is 19.0 Å². The molecular weight excluding hydrogens is 118 g/mol. The highest BCUT2D eigenvalue weighted by molar-refractivity contribution is 4.71. The number of nitroso groups, excluding NO2 is 1. The average Bonchev–Trinajstić information content (AvgIpc) is 1.64. The largest absolute Gasteiger partial charge is 0.271 e. The summed E-state index contributed by atoms with van der Waals surface area (Å²) in [6, 6.07) is 0. The molecule has 0 aliphatic heterocycles. The monoisotopic (exact) mass is 131 g/mol. The molecular formula is C5H13N3O. The van der Waals surface area contributed by atoms with E-state index in [4.69, 9.17) is 5.84 Å². The molecule has 0 aromatic rings. The van der Waals surface area contributed by atoms with Crippen molar-refractivity contribution in [2.24, 2.45) is 16.4 Å². The van der Waals surface area contributed by atoms with E-state index in [1.165, 1.54) is 0 Å². The minimum Gasteiger partial charge on any atom is -0.271 e. The fraction of sp³-hybridized carbons (Fsp3) is 1.00. The van der Waals surface area contributed by atoms with Crippen molar-refractivity contribution in [3.05, 3.63) is 4.91 Å². The first kappa shape index (κ1) is 8.52. The van der Waals surface area contributed by atoms with E-state index in [0.29, 0.717) is 13.1 Å². The van der Waals surface area contributed by atoms with Crippen LogP contribution in [0.25, 0.3) is 0 Å². The second-order valence-corrected chi connectivity index (χ2v) is 2.83. The minimum atomic E-state index is -0.115. The Bertz CT molecular complexity index is 92.2. The zero-order valence-corrected chi connectivity index (χ0v) is 5.85. The number of nitrogens with one attached hydrogen (secondary N) is 1. The molecule has 0 radical (unpaired) electrons. The Morgan fingerprint density at radius 2 is 2.22 bits per heavy atom. The molecule has 0 spiro atoms. The molecule has 0 fully saturated rings. The molecule has 0 aliphatic carbocycles. The lowest BCUT2D eigenvalue weighted by molar-refractivity contribution is 0.355. The second-order valence-electron chi connectivity index (χ2n) is 2.83. The fourth-order valence-corrected chi connectivity index (χ4v) is 0.507. The Morgan fingerprint density at radius 1 is 1.67 bits per heavy atom. The Balaban J connectivity index is 3.55. The highest BCUT2D eigenvalue weighted by Gasteiger charge is 2.16. The Morgan fingerprint density at radius 3 is 2.56 bits per heavy atom. The van der Waals surface area contributed by atoms with Gasteiger partial charge in [0, 0.05) is 12.0 Å². The van der Waals surface area contributed by atoms with E-state index in [9.17, 15) is 4.91 Å². The van der Waals surface area contributed by atoms with E-state index in [1.54, 1.807) is 0 Å². The van der Waals surface area contributed by atoms with Crippen LogP contribution in [0.3, 0.4) is 0 Å². The van der Waals surface area contributed by atoms with Crippen LogP contribution in [0.15, 0.2) is 5.18 Å². The summed E-state index contributed by atoms with van der Waals surface area (Å²) in [6.07, 6.45) is 0. The van der Waals surface area contributed by atoms with E-state index in [-0.39, 0.29) is 5.41 Å². The molecule has 0 bridgehead atoms. The maximum absolute atomic E-state index is 9.78. The van der Waals surface area contributed by atoms with Gasteiger partial charge in [-0.25, -0.2) is 0 Å². The normalized spacial score (nSPS) is 11.4.